The maximum Gasteiger partial charge on any atom is 0.173 e. The van der Waals surface area contributed by atoms with Crippen molar-refractivity contribution in [1.82, 2.24) is 14.6 Å². The van der Waals surface area contributed by atoms with Crippen LogP contribution in [-0.4, -0.2) is 20.6 Å². The van der Waals surface area contributed by atoms with E-state index < -0.39 is 0 Å². The van der Waals surface area contributed by atoms with Gasteiger partial charge in [-0.15, -0.1) is 0 Å². The van der Waals surface area contributed by atoms with E-state index in [-0.39, 0.29) is 0 Å². The second-order valence-electron chi connectivity index (χ2n) is 6.87. The molecule has 0 amide bonds. The number of halogens is 1. The zero-order chi connectivity index (χ0) is 17.4. The van der Waals surface area contributed by atoms with Gasteiger partial charge in [-0.1, -0.05) is 35.0 Å². The van der Waals surface area contributed by atoms with Crippen LogP contribution in [0.2, 0.25) is 0 Å². The standard InChI is InChI=1S/C19H20BrN5/c1-12-2-8-16(9-3-12)23-19-17(13-4-6-15(20)7-5-13)24-18-14(10-21)11-22-25(18)19/h4-7,11-12,16,22-23H,2-3,8-9H2,1H3. The summed E-state index contributed by atoms with van der Waals surface area (Å²) in [7, 11) is 0. The maximum absolute atomic E-state index is 9.33. The van der Waals surface area contributed by atoms with E-state index in [1.807, 2.05) is 28.8 Å². The van der Waals surface area contributed by atoms with Crippen LogP contribution in [0.1, 0.15) is 38.2 Å². The summed E-state index contributed by atoms with van der Waals surface area (Å²) in [5.41, 5.74) is 3.15. The summed E-state index contributed by atoms with van der Waals surface area (Å²) >= 11 is 3.48. The van der Waals surface area contributed by atoms with E-state index in [2.05, 4.69) is 39.3 Å². The molecule has 0 atom stereocenters. The van der Waals surface area contributed by atoms with E-state index in [1.54, 1.807) is 6.20 Å². The summed E-state index contributed by atoms with van der Waals surface area (Å²) in [6.45, 7) is 2.32. The molecule has 2 aromatic heterocycles. The molecule has 2 heterocycles. The molecule has 0 saturated heterocycles. The highest BCUT2D eigenvalue weighted by molar-refractivity contribution is 9.10. The van der Waals surface area contributed by atoms with E-state index in [0.717, 1.165) is 27.5 Å². The SMILES string of the molecule is CC1CCC(Nc2c(-c3ccc(Br)cc3)nc3c(C#N)c[nH]n23)CC1. The molecule has 3 aromatic rings. The van der Waals surface area contributed by atoms with Crippen LogP contribution in [0.4, 0.5) is 5.82 Å². The van der Waals surface area contributed by atoms with Crippen molar-refractivity contribution in [2.75, 3.05) is 5.32 Å². The fourth-order valence-electron chi connectivity index (χ4n) is 3.54. The normalized spacial score (nSPS) is 20.5. The molecule has 4 rings (SSSR count). The predicted octanol–water partition coefficient (Wildman–Crippen LogP) is 4.95. The number of nitrogens with one attached hydrogen (secondary N) is 2. The molecular formula is C19H20BrN5. The number of nitriles is 1. The zero-order valence-electron chi connectivity index (χ0n) is 14.1. The fraction of sp³-hybridized carbons (Fsp3) is 0.368. The topological polar surface area (TPSA) is 68.9 Å². The third-order valence-corrected chi connectivity index (χ3v) is 5.58. The minimum absolute atomic E-state index is 0.444. The molecule has 1 aromatic carbocycles. The van der Waals surface area contributed by atoms with Gasteiger partial charge in [0, 0.05) is 22.3 Å². The van der Waals surface area contributed by atoms with Crippen molar-refractivity contribution in [3.63, 3.8) is 0 Å². The average molecular weight is 398 g/mol. The van der Waals surface area contributed by atoms with Crippen molar-refractivity contribution < 1.29 is 0 Å². The highest BCUT2D eigenvalue weighted by atomic mass is 79.9. The first-order valence-corrected chi connectivity index (χ1v) is 9.47. The lowest BCUT2D eigenvalue weighted by Gasteiger charge is -2.27. The van der Waals surface area contributed by atoms with Crippen LogP contribution in [0.5, 0.6) is 0 Å². The molecule has 6 heteroatoms. The quantitative estimate of drug-likeness (QED) is 0.656. The van der Waals surface area contributed by atoms with Gasteiger partial charge in [-0.05, 0) is 43.7 Å². The first-order valence-electron chi connectivity index (χ1n) is 8.68. The van der Waals surface area contributed by atoms with Gasteiger partial charge in [-0.2, -0.15) is 5.26 Å². The Kier molecular flexibility index (Phi) is 4.26. The first kappa shape index (κ1) is 16.2. The number of imidazole rings is 1. The van der Waals surface area contributed by atoms with Gasteiger partial charge in [0.15, 0.2) is 11.5 Å². The van der Waals surface area contributed by atoms with Crippen molar-refractivity contribution in [2.45, 2.75) is 38.6 Å². The number of rotatable bonds is 3. The molecule has 1 aliphatic rings. The van der Waals surface area contributed by atoms with Gasteiger partial charge in [0.05, 0.1) is 0 Å². The van der Waals surface area contributed by atoms with Gasteiger partial charge in [-0.3, -0.25) is 5.10 Å². The number of aromatic nitrogens is 3. The lowest BCUT2D eigenvalue weighted by atomic mass is 9.87. The van der Waals surface area contributed by atoms with Crippen LogP contribution in [0.3, 0.4) is 0 Å². The number of H-pyrrole nitrogens is 1. The highest BCUT2D eigenvalue weighted by Crippen LogP contribution is 2.33. The zero-order valence-corrected chi connectivity index (χ0v) is 15.7. The number of nitrogens with zero attached hydrogens (tertiary/aromatic N) is 3. The smallest absolute Gasteiger partial charge is 0.173 e. The molecule has 5 nitrogen and oxygen atoms in total. The van der Waals surface area contributed by atoms with Crippen molar-refractivity contribution in [1.29, 1.82) is 5.26 Å². The van der Waals surface area contributed by atoms with E-state index in [1.165, 1.54) is 25.7 Å². The Hall–Kier alpha value is -2.26. The Morgan fingerprint density at radius 3 is 2.64 bits per heavy atom. The summed E-state index contributed by atoms with van der Waals surface area (Å²) in [5, 5.41) is 16.2. The van der Waals surface area contributed by atoms with Crippen molar-refractivity contribution >= 4 is 27.4 Å². The third-order valence-electron chi connectivity index (χ3n) is 5.05. The molecular weight excluding hydrogens is 378 g/mol. The van der Waals surface area contributed by atoms with E-state index in [4.69, 9.17) is 4.98 Å². The van der Waals surface area contributed by atoms with Gasteiger partial charge in [0.25, 0.3) is 0 Å². The molecule has 0 aliphatic heterocycles. The Balaban J connectivity index is 1.77. The molecule has 0 bridgehead atoms. The van der Waals surface area contributed by atoms with Crippen molar-refractivity contribution in [3.8, 4) is 17.3 Å². The van der Waals surface area contributed by atoms with Crippen molar-refractivity contribution in [3.05, 3.63) is 40.5 Å². The summed E-state index contributed by atoms with van der Waals surface area (Å²) in [6.07, 6.45) is 6.55. The van der Waals surface area contributed by atoms with Crippen molar-refractivity contribution in [2.24, 2.45) is 5.92 Å². The van der Waals surface area contributed by atoms with E-state index in [0.29, 0.717) is 17.3 Å². The number of anilines is 1. The largest absolute Gasteiger partial charge is 0.365 e. The molecule has 0 spiro atoms. The molecule has 1 saturated carbocycles. The molecule has 0 unspecified atom stereocenters. The lowest BCUT2D eigenvalue weighted by Crippen LogP contribution is -2.26. The maximum atomic E-state index is 9.33. The monoisotopic (exact) mass is 397 g/mol. The van der Waals surface area contributed by atoms with Crippen LogP contribution < -0.4 is 5.32 Å². The lowest BCUT2D eigenvalue weighted by molar-refractivity contribution is 0.360. The van der Waals surface area contributed by atoms with Crippen LogP contribution in [0, 0.1) is 17.2 Å². The summed E-state index contributed by atoms with van der Waals surface area (Å²) in [5.74, 6) is 1.75. The van der Waals surface area contributed by atoms with Crippen LogP contribution in [0.15, 0.2) is 34.9 Å². The second kappa shape index (κ2) is 6.57. The molecule has 1 fully saturated rings. The Morgan fingerprint density at radius 2 is 1.96 bits per heavy atom. The number of hydrogen-bond acceptors (Lipinski definition) is 3. The molecule has 1 aliphatic carbocycles. The fourth-order valence-corrected chi connectivity index (χ4v) is 3.81. The summed E-state index contributed by atoms with van der Waals surface area (Å²) in [4.78, 5) is 4.76. The summed E-state index contributed by atoms with van der Waals surface area (Å²) < 4.78 is 2.93. The van der Waals surface area contributed by atoms with E-state index >= 15 is 0 Å². The minimum Gasteiger partial charge on any atom is -0.365 e. The van der Waals surface area contributed by atoms with Crippen LogP contribution in [0.25, 0.3) is 16.9 Å². The summed E-state index contributed by atoms with van der Waals surface area (Å²) in [6, 6.07) is 10.8. The highest BCUT2D eigenvalue weighted by Gasteiger charge is 2.23. The van der Waals surface area contributed by atoms with Gasteiger partial charge >= 0.3 is 0 Å². The van der Waals surface area contributed by atoms with Gasteiger partial charge < -0.3 is 5.32 Å². The average Bonchev–Trinajstić information content (AvgIpc) is 3.17. The molecule has 2 N–H and O–H groups in total. The Morgan fingerprint density at radius 1 is 1.24 bits per heavy atom. The molecule has 128 valence electrons. The Bertz CT molecular complexity index is 923. The molecule has 0 radical (unpaired) electrons. The van der Waals surface area contributed by atoms with E-state index in [9.17, 15) is 5.26 Å². The predicted molar refractivity (Wildman–Crippen MR) is 102 cm³/mol. The second-order valence-corrected chi connectivity index (χ2v) is 7.79. The Labute approximate surface area is 155 Å². The third kappa shape index (κ3) is 3.05. The number of hydrogen-bond donors (Lipinski definition) is 2. The van der Waals surface area contributed by atoms with Gasteiger partial charge in [0.2, 0.25) is 0 Å². The number of aromatic amines is 1. The number of benzene rings is 1. The van der Waals surface area contributed by atoms with Crippen LogP contribution >= 0.6 is 15.9 Å². The van der Waals surface area contributed by atoms with Crippen LogP contribution in [-0.2, 0) is 0 Å². The first-order chi connectivity index (χ1) is 12.2. The van der Waals surface area contributed by atoms with Gasteiger partial charge in [0.1, 0.15) is 17.3 Å². The van der Waals surface area contributed by atoms with Gasteiger partial charge in [-0.25, -0.2) is 9.50 Å². The molecule has 25 heavy (non-hydrogen) atoms. The number of fused-ring (bicyclic) bond motifs is 1. The minimum atomic E-state index is 0.444.